The third kappa shape index (κ3) is 2.29. The van der Waals surface area contributed by atoms with Crippen LogP contribution in [0.15, 0.2) is 0 Å². The second-order valence-electron chi connectivity index (χ2n) is 1.14. The average molecular weight is 110 g/mol. The number of epoxide rings is 1. The number of rotatable bonds is 1. The van der Waals surface area contributed by atoms with Crippen molar-refractivity contribution in [1.82, 2.24) is 0 Å². The van der Waals surface area contributed by atoms with Crippen LogP contribution in [-0.4, -0.2) is 18.7 Å². The summed E-state index contributed by atoms with van der Waals surface area (Å²) in [5.41, 5.74) is 0. The first-order valence-electron chi connectivity index (χ1n) is 1.63. The predicted molar refractivity (Wildman–Crippen MR) is 14.7 cm³/mol. The number of carboxylic acid groups (broad SMARTS) is 1. The number of hydrogen-bond donors (Lipinski definition) is 0. The molecule has 0 saturated carbocycles. The number of ether oxygens (including phenoxy) is 1. The van der Waals surface area contributed by atoms with Crippen LogP contribution in [0.4, 0.5) is 0 Å². The molecule has 0 aromatic carbocycles. The molecular formula is C3H3NaO3. The summed E-state index contributed by atoms with van der Waals surface area (Å²) in [6, 6.07) is 0. The molecule has 1 saturated heterocycles. The van der Waals surface area contributed by atoms with Crippen molar-refractivity contribution in [3.8, 4) is 0 Å². The molecule has 1 aliphatic heterocycles. The summed E-state index contributed by atoms with van der Waals surface area (Å²) in [6.07, 6.45) is -0.593. The predicted octanol–water partition coefficient (Wildman–Crippen LogP) is -4.86. The first-order chi connectivity index (χ1) is 2.80. The van der Waals surface area contributed by atoms with Gasteiger partial charge in [0, 0.05) is 0 Å². The van der Waals surface area contributed by atoms with Gasteiger partial charge in [-0.15, -0.1) is 0 Å². The van der Waals surface area contributed by atoms with Crippen LogP contribution in [0, 0.1) is 0 Å². The van der Waals surface area contributed by atoms with Gasteiger partial charge >= 0.3 is 29.6 Å². The van der Waals surface area contributed by atoms with Gasteiger partial charge in [-0.25, -0.2) is 0 Å². The molecule has 1 aliphatic rings. The molecule has 0 amide bonds. The van der Waals surface area contributed by atoms with Crippen LogP contribution in [0.5, 0.6) is 0 Å². The minimum atomic E-state index is -1.10. The quantitative estimate of drug-likeness (QED) is 0.251. The van der Waals surface area contributed by atoms with Crippen LogP contribution >= 0.6 is 0 Å². The molecular weight excluding hydrogens is 107 g/mol. The number of carboxylic acids is 1. The molecule has 0 unspecified atom stereocenters. The maximum absolute atomic E-state index is 9.53. The molecule has 0 bridgehead atoms. The fraction of sp³-hybridized carbons (Fsp3) is 0.667. The summed E-state index contributed by atoms with van der Waals surface area (Å²) in [7, 11) is 0. The van der Waals surface area contributed by atoms with Gasteiger partial charge < -0.3 is 14.6 Å². The van der Waals surface area contributed by atoms with Gasteiger partial charge in [0.05, 0.1) is 12.6 Å². The van der Waals surface area contributed by atoms with E-state index in [1.807, 2.05) is 0 Å². The Kier molecular flexibility index (Phi) is 2.83. The third-order valence-corrected chi connectivity index (χ3v) is 0.596. The van der Waals surface area contributed by atoms with E-state index in [1.165, 1.54) is 0 Å². The molecule has 0 aromatic rings. The van der Waals surface area contributed by atoms with Crippen LogP contribution < -0.4 is 34.7 Å². The van der Waals surface area contributed by atoms with Crippen molar-refractivity contribution in [3.63, 3.8) is 0 Å². The van der Waals surface area contributed by atoms with Crippen molar-refractivity contribution in [2.24, 2.45) is 0 Å². The molecule has 1 rings (SSSR count). The number of aliphatic carboxylic acids is 1. The smallest absolute Gasteiger partial charge is 0.547 e. The summed E-state index contributed by atoms with van der Waals surface area (Å²) < 4.78 is 4.31. The summed E-state index contributed by atoms with van der Waals surface area (Å²) in [5.74, 6) is -1.10. The van der Waals surface area contributed by atoms with Gasteiger partial charge in [0.2, 0.25) is 0 Å². The first kappa shape index (κ1) is 7.43. The van der Waals surface area contributed by atoms with Crippen LogP contribution in [0.1, 0.15) is 0 Å². The van der Waals surface area contributed by atoms with E-state index in [0.717, 1.165) is 0 Å². The molecule has 4 heteroatoms. The van der Waals surface area contributed by atoms with E-state index in [1.54, 1.807) is 0 Å². The Balaban J connectivity index is 0.000000360. The number of hydrogen-bond acceptors (Lipinski definition) is 3. The normalized spacial score (nSPS) is 25.4. The molecule has 1 atom stereocenters. The van der Waals surface area contributed by atoms with Crippen LogP contribution in [0.3, 0.4) is 0 Å². The van der Waals surface area contributed by atoms with Crippen molar-refractivity contribution in [2.45, 2.75) is 6.10 Å². The second kappa shape index (κ2) is 2.67. The Bertz CT molecular complexity index is 78.2. The standard InChI is InChI=1S/C3H4O3.Na/c4-3(5)2-1-6-2;/h2H,1H2,(H,4,5);/q;+1/p-1/t2-;/m1./s1. The first-order valence-corrected chi connectivity index (χ1v) is 1.63. The third-order valence-electron chi connectivity index (χ3n) is 0.596. The Labute approximate surface area is 62.9 Å². The zero-order valence-electron chi connectivity index (χ0n) is 4.01. The minimum Gasteiger partial charge on any atom is -0.547 e. The van der Waals surface area contributed by atoms with Crippen molar-refractivity contribution in [2.75, 3.05) is 6.61 Å². The zero-order valence-corrected chi connectivity index (χ0v) is 6.01. The van der Waals surface area contributed by atoms with Crippen molar-refractivity contribution >= 4 is 5.97 Å². The molecule has 7 heavy (non-hydrogen) atoms. The maximum atomic E-state index is 9.53. The van der Waals surface area contributed by atoms with Gasteiger partial charge in [0.1, 0.15) is 6.10 Å². The van der Waals surface area contributed by atoms with Crippen LogP contribution in [0.25, 0.3) is 0 Å². The average Bonchev–Trinajstić information content (AvgIpc) is 2.06. The molecule has 0 spiro atoms. The maximum Gasteiger partial charge on any atom is 1.00 e. The fourth-order valence-electron chi connectivity index (χ4n) is 0.184. The van der Waals surface area contributed by atoms with Gasteiger partial charge in [0.25, 0.3) is 0 Å². The Morgan fingerprint density at radius 1 is 1.86 bits per heavy atom. The van der Waals surface area contributed by atoms with E-state index in [4.69, 9.17) is 0 Å². The minimum absolute atomic E-state index is 0. The van der Waals surface area contributed by atoms with E-state index < -0.39 is 12.1 Å². The Morgan fingerprint density at radius 2 is 2.29 bits per heavy atom. The molecule has 0 aliphatic carbocycles. The summed E-state index contributed by atoms with van der Waals surface area (Å²) in [5, 5.41) is 9.53. The van der Waals surface area contributed by atoms with Gasteiger partial charge in [-0.2, -0.15) is 0 Å². The molecule has 34 valence electrons. The Hall–Kier alpha value is 0.430. The monoisotopic (exact) mass is 110 g/mol. The summed E-state index contributed by atoms with van der Waals surface area (Å²) in [4.78, 5) is 9.53. The Morgan fingerprint density at radius 3 is 2.29 bits per heavy atom. The molecule has 3 nitrogen and oxygen atoms in total. The van der Waals surface area contributed by atoms with Gasteiger partial charge in [-0.1, -0.05) is 0 Å². The van der Waals surface area contributed by atoms with Crippen molar-refractivity contribution in [3.05, 3.63) is 0 Å². The van der Waals surface area contributed by atoms with E-state index in [9.17, 15) is 9.90 Å². The second-order valence-corrected chi connectivity index (χ2v) is 1.14. The van der Waals surface area contributed by atoms with E-state index in [2.05, 4.69) is 4.74 Å². The molecule has 0 N–H and O–H groups in total. The zero-order chi connectivity index (χ0) is 4.57. The van der Waals surface area contributed by atoms with E-state index >= 15 is 0 Å². The van der Waals surface area contributed by atoms with Crippen molar-refractivity contribution < 1.29 is 44.2 Å². The number of carbonyl (C=O) groups is 1. The summed E-state index contributed by atoms with van der Waals surface area (Å²) >= 11 is 0. The molecule has 1 heterocycles. The summed E-state index contributed by atoms with van der Waals surface area (Å²) in [6.45, 7) is 0.336. The van der Waals surface area contributed by atoms with Gasteiger partial charge in [-0.05, 0) is 0 Å². The van der Waals surface area contributed by atoms with Crippen molar-refractivity contribution in [1.29, 1.82) is 0 Å². The van der Waals surface area contributed by atoms with Gasteiger partial charge in [0.15, 0.2) is 0 Å². The van der Waals surface area contributed by atoms with E-state index in [-0.39, 0.29) is 29.6 Å². The molecule has 1 fully saturated rings. The largest absolute Gasteiger partial charge is 1.00 e. The molecule has 0 radical (unpaired) electrons. The van der Waals surface area contributed by atoms with E-state index in [0.29, 0.717) is 6.61 Å². The number of carbonyl (C=O) groups excluding carboxylic acids is 1. The SMILES string of the molecule is O=C([O-])[C@H]1CO1.[Na+]. The fourth-order valence-corrected chi connectivity index (χ4v) is 0.184. The van der Waals surface area contributed by atoms with Gasteiger partial charge in [-0.3, -0.25) is 0 Å². The topological polar surface area (TPSA) is 52.7 Å². The van der Waals surface area contributed by atoms with Crippen LogP contribution in [-0.2, 0) is 9.53 Å². The van der Waals surface area contributed by atoms with Crippen LogP contribution in [0.2, 0.25) is 0 Å². The molecule has 0 aromatic heterocycles.